The number of benzene rings is 2. The van der Waals surface area contributed by atoms with Crippen LogP contribution in [0.25, 0.3) is 0 Å². The summed E-state index contributed by atoms with van der Waals surface area (Å²) in [6.07, 6.45) is 0.222. The molecule has 1 N–H and O–H groups in total. The van der Waals surface area contributed by atoms with Gasteiger partial charge in [0.25, 0.3) is 5.56 Å². The van der Waals surface area contributed by atoms with E-state index in [1.54, 1.807) is 24.3 Å². The zero-order valence-corrected chi connectivity index (χ0v) is 21.3. The highest BCUT2D eigenvalue weighted by molar-refractivity contribution is 9.10. The molecule has 8 nitrogen and oxygen atoms in total. The van der Waals surface area contributed by atoms with Gasteiger partial charge < -0.3 is 9.84 Å². The number of aromatic hydroxyl groups is 1. The van der Waals surface area contributed by atoms with Gasteiger partial charge in [-0.05, 0) is 62.2 Å². The summed E-state index contributed by atoms with van der Waals surface area (Å²) < 4.78 is 34.3. The normalized spacial score (nSPS) is 12.5. The fourth-order valence-corrected chi connectivity index (χ4v) is 5.18. The average Bonchev–Trinajstić information content (AvgIpc) is 2.79. The fourth-order valence-electron chi connectivity index (χ4n) is 3.57. The molecule has 34 heavy (non-hydrogen) atoms. The van der Waals surface area contributed by atoms with Crippen LogP contribution >= 0.6 is 15.9 Å². The van der Waals surface area contributed by atoms with Gasteiger partial charge in [0.15, 0.2) is 4.90 Å². The first kappa shape index (κ1) is 25.6. The highest BCUT2D eigenvalue weighted by Gasteiger charge is 2.32. The lowest BCUT2D eigenvalue weighted by atomic mass is 10.0. The minimum Gasteiger partial charge on any atom is -0.493 e. The molecule has 3 aromatic rings. The molecular formula is C24H24BrN3O5S. The monoisotopic (exact) mass is 545 g/mol. The molecule has 0 radical (unpaired) electrons. The van der Waals surface area contributed by atoms with Crippen molar-refractivity contribution in [3.8, 4) is 11.9 Å². The Hall–Kier alpha value is -3.00. The summed E-state index contributed by atoms with van der Waals surface area (Å²) in [5.74, 6) is -0.639. The van der Waals surface area contributed by atoms with Crippen molar-refractivity contribution in [1.82, 2.24) is 9.55 Å². The molecule has 0 unspecified atom stereocenters. The molecule has 0 fully saturated rings. The summed E-state index contributed by atoms with van der Waals surface area (Å²) in [4.78, 5) is 16.0. The highest BCUT2D eigenvalue weighted by Crippen LogP contribution is 2.33. The van der Waals surface area contributed by atoms with Crippen molar-refractivity contribution < 1.29 is 18.3 Å². The maximum absolute atomic E-state index is 13.4. The summed E-state index contributed by atoms with van der Waals surface area (Å²) in [5.41, 5.74) is -0.00753. The van der Waals surface area contributed by atoms with Gasteiger partial charge in [-0.2, -0.15) is 10.2 Å². The Labute approximate surface area is 206 Å². The molecule has 0 aliphatic rings. The van der Waals surface area contributed by atoms with Crippen LogP contribution in [0, 0.1) is 11.3 Å². The third-order valence-corrected chi connectivity index (χ3v) is 7.49. The second-order valence-electron chi connectivity index (χ2n) is 7.83. The lowest BCUT2D eigenvalue weighted by Gasteiger charge is -2.25. The first-order chi connectivity index (χ1) is 16.1. The predicted molar refractivity (Wildman–Crippen MR) is 129 cm³/mol. The number of ether oxygens (including phenoxy) is 1. The Morgan fingerprint density at radius 1 is 1.21 bits per heavy atom. The number of aromatic nitrogens is 2. The van der Waals surface area contributed by atoms with Gasteiger partial charge in [0.05, 0.1) is 28.7 Å². The molecule has 0 saturated carbocycles. The average molecular weight is 546 g/mol. The number of halogens is 1. The van der Waals surface area contributed by atoms with Crippen LogP contribution in [0.2, 0.25) is 0 Å². The standard InChI is InChI=1S/C24H24BrN3O5S/c1-4-20(17-7-5-6-16(12-17)13-26)28-21(14-33-15(2)3)27-23(29)22(24(28)30)34(31,32)19-10-8-18(25)9-11-19/h5-12,15,20,30H,4,14H2,1-3H3/t20-/m0/s1. The summed E-state index contributed by atoms with van der Waals surface area (Å²) in [6, 6.07) is 14.0. The molecule has 3 rings (SSSR count). The Morgan fingerprint density at radius 3 is 2.47 bits per heavy atom. The Bertz CT molecular complexity index is 1390. The van der Waals surface area contributed by atoms with Crippen molar-refractivity contribution in [3.63, 3.8) is 0 Å². The molecule has 0 aliphatic carbocycles. The molecule has 0 aliphatic heterocycles. The van der Waals surface area contributed by atoms with Crippen LogP contribution in [0.1, 0.15) is 50.2 Å². The largest absolute Gasteiger partial charge is 0.493 e. The molecular weight excluding hydrogens is 522 g/mol. The van der Waals surface area contributed by atoms with Gasteiger partial charge in [-0.25, -0.2) is 8.42 Å². The minimum atomic E-state index is -4.38. The van der Waals surface area contributed by atoms with E-state index in [1.165, 1.54) is 28.8 Å². The number of sulfone groups is 1. The first-order valence-corrected chi connectivity index (χ1v) is 12.8. The number of hydrogen-bond donors (Lipinski definition) is 1. The maximum atomic E-state index is 13.4. The molecule has 178 valence electrons. The highest BCUT2D eigenvalue weighted by atomic mass is 79.9. The van der Waals surface area contributed by atoms with Crippen molar-refractivity contribution in [2.45, 2.75) is 55.7 Å². The van der Waals surface area contributed by atoms with E-state index in [1.807, 2.05) is 20.8 Å². The second-order valence-corrected chi connectivity index (χ2v) is 10.6. The Kier molecular flexibility index (Phi) is 7.92. The predicted octanol–water partition coefficient (Wildman–Crippen LogP) is 4.34. The van der Waals surface area contributed by atoms with Crippen molar-refractivity contribution in [2.24, 2.45) is 0 Å². The van der Waals surface area contributed by atoms with Gasteiger partial charge in [0.2, 0.25) is 15.7 Å². The van der Waals surface area contributed by atoms with Crippen LogP contribution < -0.4 is 5.56 Å². The third kappa shape index (κ3) is 5.22. The number of nitriles is 1. The lowest BCUT2D eigenvalue weighted by molar-refractivity contribution is 0.0571. The van der Waals surface area contributed by atoms with Gasteiger partial charge >= 0.3 is 0 Å². The van der Waals surface area contributed by atoms with Crippen molar-refractivity contribution in [3.05, 3.63) is 80.3 Å². The lowest BCUT2D eigenvalue weighted by Crippen LogP contribution is -2.28. The van der Waals surface area contributed by atoms with Crippen molar-refractivity contribution in [2.75, 3.05) is 0 Å². The third-order valence-electron chi connectivity index (χ3n) is 5.17. The van der Waals surface area contributed by atoms with E-state index < -0.39 is 32.2 Å². The molecule has 1 atom stereocenters. The van der Waals surface area contributed by atoms with Gasteiger partial charge in [0, 0.05) is 4.47 Å². The molecule has 1 aromatic heterocycles. The number of hydrogen-bond acceptors (Lipinski definition) is 7. The molecule has 0 saturated heterocycles. The van der Waals surface area contributed by atoms with Crippen LogP contribution in [0.5, 0.6) is 5.88 Å². The van der Waals surface area contributed by atoms with E-state index in [0.717, 1.165) is 0 Å². The SMILES string of the molecule is CC[C@@H](c1cccc(C#N)c1)n1c(COC(C)C)nc(=O)c(S(=O)(=O)c2ccc(Br)cc2)c1O. The number of nitrogens with zero attached hydrogens (tertiary/aromatic N) is 3. The Balaban J connectivity index is 2.30. The van der Waals surface area contributed by atoms with Crippen molar-refractivity contribution in [1.29, 1.82) is 5.26 Å². The van der Waals surface area contributed by atoms with Crippen LogP contribution in [-0.2, 0) is 21.2 Å². The molecule has 2 aromatic carbocycles. The molecule has 0 bridgehead atoms. The molecule has 1 heterocycles. The fraction of sp³-hybridized carbons (Fsp3) is 0.292. The molecule has 0 spiro atoms. The van der Waals surface area contributed by atoms with Crippen LogP contribution in [0.4, 0.5) is 0 Å². The van der Waals surface area contributed by atoms with E-state index in [0.29, 0.717) is 22.0 Å². The van der Waals surface area contributed by atoms with E-state index in [-0.39, 0.29) is 23.4 Å². The van der Waals surface area contributed by atoms with Crippen molar-refractivity contribution >= 4 is 25.8 Å². The van der Waals surface area contributed by atoms with Gasteiger partial charge in [-0.1, -0.05) is 35.0 Å². The summed E-state index contributed by atoms with van der Waals surface area (Å²) >= 11 is 3.25. The zero-order chi connectivity index (χ0) is 25.0. The molecule has 0 amide bonds. The Morgan fingerprint density at radius 2 is 1.88 bits per heavy atom. The van der Waals surface area contributed by atoms with E-state index in [4.69, 9.17) is 4.74 Å². The molecule has 10 heteroatoms. The maximum Gasteiger partial charge on any atom is 0.296 e. The van der Waals surface area contributed by atoms with Gasteiger partial charge in [0.1, 0.15) is 12.4 Å². The van der Waals surface area contributed by atoms with E-state index >= 15 is 0 Å². The van der Waals surface area contributed by atoms with E-state index in [9.17, 15) is 23.6 Å². The quantitative estimate of drug-likeness (QED) is 0.446. The topological polar surface area (TPSA) is 122 Å². The van der Waals surface area contributed by atoms with Crippen LogP contribution in [0.15, 0.2) is 67.6 Å². The first-order valence-electron chi connectivity index (χ1n) is 10.6. The summed E-state index contributed by atoms with van der Waals surface area (Å²) in [5, 5.41) is 20.6. The van der Waals surface area contributed by atoms with E-state index in [2.05, 4.69) is 27.0 Å². The minimum absolute atomic E-state index is 0.0835. The summed E-state index contributed by atoms with van der Waals surface area (Å²) in [7, 11) is -4.38. The van der Waals surface area contributed by atoms with Gasteiger partial charge in [-0.15, -0.1) is 0 Å². The van der Waals surface area contributed by atoms with Crippen LogP contribution in [-0.4, -0.2) is 29.2 Å². The smallest absolute Gasteiger partial charge is 0.296 e. The zero-order valence-electron chi connectivity index (χ0n) is 18.9. The second kappa shape index (κ2) is 10.5. The number of rotatable bonds is 8. The van der Waals surface area contributed by atoms with Gasteiger partial charge in [-0.3, -0.25) is 9.36 Å². The van der Waals surface area contributed by atoms with Crippen LogP contribution in [0.3, 0.4) is 0 Å². The summed E-state index contributed by atoms with van der Waals surface area (Å²) in [6.45, 7) is 5.34.